The van der Waals surface area contributed by atoms with Gasteiger partial charge in [0.1, 0.15) is 17.9 Å². The van der Waals surface area contributed by atoms with Gasteiger partial charge < -0.3 is 25.6 Å². The Morgan fingerprint density at radius 3 is 2.85 bits per heavy atom. The van der Waals surface area contributed by atoms with Gasteiger partial charge in [-0.15, -0.1) is 0 Å². The summed E-state index contributed by atoms with van der Waals surface area (Å²) in [4.78, 5) is 12.2. The lowest BCUT2D eigenvalue weighted by molar-refractivity contribution is -0.0300. The zero-order valence-electron chi connectivity index (χ0n) is 10.6. The molecule has 0 bridgehead atoms. The summed E-state index contributed by atoms with van der Waals surface area (Å²) in [6.45, 7) is -0.129. The van der Waals surface area contributed by atoms with E-state index in [2.05, 4.69) is 15.0 Å². The third kappa shape index (κ3) is 1.23. The number of nitrogen functional groups attached to an aromatic ring is 1. The second-order valence-corrected chi connectivity index (χ2v) is 5.71. The van der Waals surface area contributed by atoms with Gasteiger partial charge in [0.2, 0.25) is 0 Å². The van der Waals surface area contributed by atoms with E-state index in [1.807, 2.05) is 0 Å². The van der Waals surface area contributed by atoms with Gasteiger partial charge in [0.25, 0.3) is 0 Å². The molecule has 0 aromatic carbocycles. The number of hydrogen-bond acceptors (Lipinski definition) is 7. The Bertz CT molecular complexity index is 689. The van der Waals surface area contributed by atoms with E-state index in [0.29, 0.717) is 17.6 Å². The Hall–Kier alpha value is -1.77. The van der Waals surface area contributed by atoms with E-state index in [-0.39, 0.29) is 24.4 Å². The molecule has 1 unspecified atom stereocenters. The second-order valence-electron chi connectivity index (χ2n) is 5.71. The monoisotopic (exact) mass is 277 g/mol. The van der Waals surface area contributed by atoms with Crippen LogP contribution in [0.5, 0.6) is 0 Å². The van der Waals surface area contributed by atoms with Crippen molar-refractivity contribution in [1.29, 1.82) is 0 Å². The van der Waals surface area contributed by atoms with Crippen molar-refractivity contribution in [2.45, 2.75) is 24.7 Å². The number of imidazole rings is 1. The molecule has 2 heterocycles. The van der Waals surface area contributed by atoms with Crippen molar-refractivity contribution in [2.24, 2.45) is 11.3 Å². The van der Waals surface area contributed by atoms with Crippen LogP contribution in [0.4, 0.5) is 5.82 Å². The van der Waals surface area contributed by atoms with Crippen molar-refractivity contribution in [3.8, 4) is 0 Å². The van der Waals surface area contributed by atoms with Crippen molar-refractivity contribution in [3.05, 3.63) is 12.7 Å². The van der Waals surface area contributed by atoms with Crippen molar-refractivity contribution < 1.29 is 15.3 Å². The first-order chi connectivity index (χ1) is 9.60. The van der Waals surface area contributed by atoms with E-state index in [1.165, 1.54) is 6.33 Å². The molecule has 4 rings (SSSR count). The van der Waals surface area contributed by atoms with Crippen LogP contribution in [-0.2, 0) is 0 Å². The topological polar surface area (TPSA) is 130 Å². The molecular weight excluding hydrogens is 262 g/mol. The van der Waals surface area contributed by atoms with E-state index < -0.39 is 17.6 Å². The van der Waals surface area contributed by atoms with Gasteiger partial charge in [0.15, 0.2) is 11.5 Å². The third-order valence-corrected chi connectivity index (χ3v) is 4.86. The fraction of sp³-hybridized carbons (Fsp3) is 0.583. The van der Waals surface area contributed by atoms with Gasteiger partial charge in [-0.3, -0.25) is 0 Å². The summed E-state index contributed by atoms with van der Waals surface area (Å²) in [6, 6.07) is -0.351. The Kier molecular flexibility index (Phi) is 2.20. The van der Waals surface area contributed by atoms with Crippen molar-refractivity contribution in [1.82, 2.24) is 19.5 Å². The molecule has 2 aromatic heterocycles. The van der Waals surface area contributed by atoms with Crippen LogP contribution in [0.1, 0.15) is 12.5 Å². The molecule has 106 valence electrons. The molecule has 2 aromatic rings. The van der Waals surface area contributed by atoms with Gasteiger partial charge in [0.05, 0.1) is 25.1 Å². The first-order valence-corrected chi connectivity index (χ1v) is 6.50. The van der Waals surface area contributed by atoms with Crippen LogP contribution in [0.25, 0.3) is 11.2 Å². The van der Waals surface area contributed by atoms with Crippen molar-refractivity contribution >= 4 is 17.0 Å². The zero-order chi connectivity index (χ0) is 14.1. The molecule has 2 aliphatic carbocycles. The van der Waals surface area contributed by atoms with Gasteiger partial charge in [-0.25, -0.2) is 15.0 Å². The SMILES string of the molecule is Nc1ncnc2c1ncn2[C@H]1[C@H](O)[C@H](O)C2(CO)C[C@H]12. The highest BCUT2D eigenvalue weighted by Gasteiger charge is 2.71. The summed E-state index contributed by atoms with van der Waals surface area (Å²) in [5.74, 6) is 0.303. The maximum atomic E-state index is 10.3. The third-order valence-electron chi connectivity index (χ3n) is 4.86. The number of nitrogens with two attached hydrogens (primary N) is 1. The van der Waals surface area contributed by atoms with E-state index in [9.17, 15) is 15.3 Å². The Morgan fingerprint density at radius 1 is 1.35 bits per heavy atom. The molecule has 2 saturated carbocycles. The molecule has 0 radical (unpaired) electrons. The molecule has 5 N–H and O–H groups in total. The summed E-state index contributed by atoms with van der Waals surface area (Å²) in [5, 5.41) is 29.9. The number of anilines is 1. The summed E-state index contributed by atoms with van der Waals surface area (Å²) >= 11 is 0. The number of rotatable bonds is 2. The highest BCUT2D eigenvalue weighted by molar-refractivity contribution is 5.81. The van der Waals surface area contributed by atoms with Gasteiger partial charge in [0, 0.05) is 5.41 Å². The Balaban J connectivity index is 1.83. The molecular formula is C12H15N5O3. The summed E-state index contributed by atoms with van der Waals surface area (Å²) < 4.78 is 1.73. The number of nitrogens with zero attached hydrogens (tertiary/aromatic N) is 4. The number of hydrogen-bond donors (Lipinski definition) is 4. The fourth-order valence-corrected chi connectivity index (χ4v) is 3.64. The van der Waals surface area contributed by atoms with E-state index in [0.717, 1.165) is 0 Å². The quantitative estimate of drug-likeness (QED) is 0.535. The fourth-order valence-electron chi connectivity index (χ4n) is 3.64. The first-order valence-electron chi connectivity index (χ1n) is 6.50. The van der Waals surface area contributed by atoms with Crippen LogP contribution < -0.4 is 5.73 Å². The van der Waals surface area contributed by atoms with Crippen molar-refractivity contribution in [2.75, 3.05) is 12.3 Å². The van der Waals surface area contributed by atoms with Crippen LogP contribution in [0, 0.1) is 11.3 Å². The molecule has 5 atom stereocenters. The van der Waals surface area contributed by atoms with Crippen LogP contribution in [0.15, 0.2) is 12.7 Å². The Labute approximate surface area is 113 Å². The average molecular weight is 277 g/mol. The average Bonchev–Trinajstić information content (AvgIpc) is 2.95. The number of aliphatic hydroxyl groups is 3. The van der Waals surface area contributed by atoms with E-state index in [4.69, 9.17) is 5.73 Å². The molecule has 0 amide bonds. The molecule has 0 saturated heterocycles. The molecule has 0 aliphatic heterocycles. The van der Waals surface area contributed by atoms with Crippen LogP contribution >= 0.6 is 0 Å². The highest BCUT2D eigenvalue weighted by atomic mass is 16.3. The maximum absolute atomic E-state index is 10.3. The van der Waals surface area contributed by atoms with Gasteiger partial charge in [-0.2, -0.15) is 0 Å². The van der Waals surface area contributed by atoms with E-state index >= 15 is 0 Å². The number of aromatic nitrogens is 4. The normalized spacial score (nSPS) is 39.1. The predicted octanol–water partition coefficient (Wildman–Crippen LogP) is -1.32. The molecule has 2 aliphatic rings. The number of aliphatic hydroxyl groups excluding tert-OH is 3. The number of fused-ring (bicyclic) bond motifs is 2. The summed E-state index contributed by atoms with van der Waals surface area (Å²) in [7, 11) is 0. The zero-order valence-corrected chi connectivity index (χ0v) is 10.6. The smallest absolute Gasteiger partial charge is 0.165 e. The second kappa shape index (κ2) is 3.66. The minimum Gasteiger partial charge on any atom is -0.396 e. The summed E-state index contributed by atoms with van der Waals surface area (Å²) in [6.07, 6.45) is 1.71. The van der Waals surface area contributed by atoms with Crippen LogP contribution in [0.2, 0.25) is 0 Å². The standard InChI is InChI=1S/C12H15N5O3/c13-10-6-11(15-3-14-10)17(4-16-6)7-5-1-12(5,2-18)9(20)8(7)19/h3-5,7-9,18-20H,1-2H2,(H2,13,14,15)/t5-,7-,8+,9+,12?/m1/s1. The lowest BCUT2D eigenvalue weighted by Crippen LogP contribution is -2.35. The first kappa shape index (κ1) is 12.0. The van der Waals surface area contributed by atoms with Gasteiger partial charge >= 0.3 is 0 Å². The predicted molar refractivity (Wildman–Crippen MR) is 68.4 cm³/mol. The van der Waals surface area contributed by atoms with Crippen LogP contribution in [-0.4, -0.2) is 53.7 Å². The molecule has 20 heavy (non-hydrogen) atoms. The van der Waals surface area contributed by atoms with Crippen molar-refractivity contribution in [3.63, 3.8) is 0 Å². The minimum atomic E-state index is -0.950. The highest BCUT2D eigenvalue weighted by Crippen LogP contribution is 2.67. The van der Waals surface area contributed by atoms with Gasteiger partial charge in [-0.05, 0) is 12.3 Å². The molecule has 2 fully saturated rings. The molecule has 0 spiro atoms. The van der Waals surface area contributed by atoms with Crippen LogP contribution in [0.3, 0.4) is 0 Å². The molecule has 8 nitrogen and oxygen atoms in total. The van der Waals surface area contributed by atoms with E-state index in [1.54, 1.807) is 10.9 Å². The molecule has 8 heteroatoms. The summed E-state index contributed by atoms with van der Waals surface area (Å²) in [5.41, 5.74) is 6.18. The maximum Gasteiger partial charge on any atom is 0.165 e. The van der Waals surface area contributed by atoms with Gasteiger partial charge in [-0.1, -0.05) is 0 Å². The Morgan fingerprint density at radius 2 is 2.15 bits per heavy atom. The minimum absolute atomic E-state index is 0.0195. The lowest BCUT2D eigenvalue weighted by Gasteiger charge is -2.23. The lowest BCUT2D eigenvalue weighted by atomic mass is 10.0. The largest absolute Gasteiger partial charge is 0.396 e.